The molecular weight excluding hydrogens is 370 g/mol. The molecule has 1 aromatic rings. The minimum absolute atomic E-state index is 0.0434. The van der Waals surface area contributed by atoms with E-state index in [1.165, 1.54) is 0 Å². The third-order valence-electron chi connectivity index (χ3n) is 4.54. The fourth-order valence-corrected chi connectivity index (χ4v) is 3.20. The number of carbonyl (C=O) groups is 1. The summed E-state index contributed by atoms with van der Waals surface area (Å²) < 4.78 is 11.2. The summed E-state index contributed by atoms with van der Waals surface area (Å²) in [7, 11) is 0. The number of ether oxygens (including phenoxy) is 2. The summed E-state index contributed by atoms with van der Waals surface area (Å²) in [5, 5.41) is 29.3. The van der Waals surface area contributed by atoms with E-state index < -0.39 is 18.2 Å². The second kappa shape index (κ2) is 10.6. The van der Waals surface area contributed by atoms with Crippen LogP contribution in [0.5, 0.6) is 11.5 Å². The molecule has 0 amide bonds. The third-order valence-corrected chi connectivity index (χ3v) is 4.54. The number of nitrogens with one attached hydrogen (secondary N) is 1. The molecule has 1 aliphatic rings. The normalized spacial score (nSPS) is 17.2. The highest BCUT2D eigenvalue weighted by molar-refractivity contribution is 6.00. The predicted octanol–water partition coefficient (Wildman–Crippen LogP) is 4.77. The summed E-state index contributed by atoms with van der Waals surface area (Å²) in [4.78, 5) is 12.9. The van der Waals surface area contributed by atoms with Crippen LogP contribution in [0, 0.1) is 5.41 Å². The van der Waals surface area contributed by atoms with Crippen LogP contribution in [0.1, 0.15) is 60.7 Å². The maximum Gasteiger partial charge on any atom is 0.342 e. The number of phenolic OH excluding ortho intramolecular Hbond substituents is 2. The molecule has 3 N–H and O–H groups in total. The number of carbonyl (C=O) groups excluding carboxylic acids is 1. The van der Waals surface area contributed by atoms with Gasteiger partial charge in [-0.1, -0.05) is 31.2 Å². The van der Waals surface area contributed by atoms with Crippen molar-refractivity contribution in [2.45, 2.75) is 51.7 Å². The van der Waals surface area contributed by atoms with Crippen LogP contribution in [0.15, 0.2) is 43.0 Å². The number of esters is 1. The Morgan fingerprint density at radius 3 is 2.83 bits per heavy atom. The molecular formula is C23H29NO5. The van der Waals surface area contributed by atoms with Crippen molar-refractivity contribution >= 4 is 11.7 Å². The van der Waals surface area contributed by atoms with Gasteiger partial charge in [0.1, 0.15) is 29.3 Å². The van der Waals surface area contributed by atoms with Gasteiger partial charge in [-0.25, -0.2) is 4.79 Å². The summed E-state index contributed by atoms with van der Waals surface area (Å²) in [6.07, 6.45) is 9.93. The first-order valence-electron chi connectivity index (χ1n) is 9.80. The molecule has 0 radical (unpaired) electrons. The van der Waals surface area contributed by atoms with Crippen LogP contribution in [0.4, 0.5) is 0 Å². The zero-order valence-corrected chi connectivity index (χ0v) is 17.0. The lowest BCUT2D eigenvalue weighted by Crippen LogP contribution is -2.19. The standard InChI is InChI=1S/C23H29NO5/c1-4-6-10-16(24)13-17-21(20-11-7-8-12-28-20)18(25)14-19(26)22(17)23(27)29-15(3)9-5-2/h5-7,10-11,14-15,20,24-26H,2,4,8-9,12-13H2,1,3H3/b10-6+,24-16?/t15-,20?/m1/s1. The van der Waals surface area contributed by atoms with Crippen LogP contribution >= 0.6 is 0 Å². The lowest BCUT2D eigenvalue weighted by Gasteiger charge is -2.24. The maximum absolute atomic E-state index is 12.9. The van der Waals surface area contributed by atoms with Crippen LogP contribution in [0.25, 0.3) is 0 Å². The van der Waals surface area contributed by atoms with Gasteiger partial charge in [-0.3, -0.25) is 0 Å². The first-order valence-corrected chi connectivity index (χ1v) is 9.80. The summed E-state index contributed by atoms with van der Waals surface area (Å²) in [5.41, 5.74) is 0.898. The second-order valence-electron chi connectivity index (χ2n) is 6.94. The van der Waals surface area contributed by atoms with E-state index in [9.17, 15) is 15.0 Å². The van der Waals surface area contributed by atoms with Crippen LogP contribution in [0.3, 0.4) is 0 Å². The SMILES string of the molecule is C=CC[C@@H](C)OC(=O)c1c(O)cc(O)c(C2C=CCCO2)c1CC(=N)/C=C/CC. The highest BCUT2D eigenvalue weighted by Crippen LogP contribution is 2.40. The number of hydrogen-bond donors (Lipinski definition) is 3. The van der Waals surface area contributed by atoms with E-state index in [1.807, 2.05) is 19.1 Å². The molecule has 156 valence electrons. The molecule has 0 bridgehead atoms. The average Bonchev–Trinajstić information content (AvgIpc) is 2.67. The highest BCUT2D eigenvalue weighted by atomic mass is 16.5. The van der Waals surface area contributed by atoms with Gasteiger partial charge in [-0.05, 0) is 31.4 Å². The summed E-state index contributed by atoms with van der Waals surface area (Å²) in [6.45, 7) is 7.80. The molecule has 0 saturated carbocycles. The number of aromatic hydroxyl groups is 2. The molecule has 1 aromatic carbocycles. The minimum Gasteiger partial charge on any atom is -0.507 e. The maximum atomic E-state index is 12.9. The zero-order valence-electron chi connectivity index (χ0n) is 17.0. The average molecular weight is 399 g/mol. The van der Waals surface area contributed by atoms with Gasteiger partial charge >= 0.3 is 5.97 Å². The van der Waals surface area contributed by atoms with Gasteiger partial charge in [0.15, 0.2) is 0 Å². The summed E-state index contributed by atoms with van der Waals surface area (Å²) >= 11 is 0. The van der Waals surface area contributed by atoms with Gasteiger partial charge in [-0.2, -0.15) is 0 Å². The van der Waals surface area contributed by atoms with E-state index in [-0.39, 0.29) is 29.2 Å². The van der Waals surface area contributed by atoms with E-state index in [4.69, 9.17) is 14.9 Å². The van der Waals surface area contributed by atoms with Gasteiger partial charge in [0.25, 0.3) is 0 Å². The molecule has 0 aliphatic carbocycles. The topological polar surface area (TPSA) is 99.8 Å². The molecule has 1 heterocycles. The fourth-order valence-electron chi connectivity index (χ4n) is 3.20. The molecule has 29 heavy (non-hydrogen) atoms. The van der Waals surface area contributed by atoms with E-state index in [1.54, 1.807) is 25.2 Å². The third kappa shape index (κ3) is 5.81. The van der Waals surface area contributed by atoms with Crippen LogP contribution in [0.2, 0.25) is 0 Å². The molecule has 1 unspecified atom stereocenters. The van der Waals surface area contributed by atoms with Crippen molar-refractivity contribution in [3.8, 4) is 11.5 Å². The Hall–Kier alpha value is -2.86. The number of benzene rings is 1. The fraction of sp³-hybridized carbons (Fsp3) is 0.391. The van der Waals surface area contributed by atoms with E-state index in [0.29, 0.717) is 24.2 Å². The first kappa shape index (κ1) is 22.4. The Morgan fingerprint density at radius 2 is 2.21 bits per heavy atom. The smallest absolute Gasteiger partial charge is 0.342 e. The Labute approximate surface area is 171 Å². The Bertz CT molecular complexity index is 825. The van der Waals surface area contributed by atoms with Crippen LogP contribution in [-0.2, 0) is 15.9 Å². The van der Waals surface area contributed by atoms with Gasteiger partial charge in [0.05, 0.1) is 6.61 Å². The molecule has 1 aliphatic heterocycles. The summed E-state index contributed by atoms with van der Waals surface area (Å²) in [6, 6.07) is 1.13. The first-order chi connectivity index (χ1) is 13.9. The molecule has 2 atom stereocenters. The summed E-state index contributed by atoms with van der Waals surface area (Å²) in [5.74, 6) is -1.28. The van der Waals surface area contributed by atoms with Crippen molar-refractivity contribution in [2.75, 3.05) is 6.61 Å². The lowest BCUT2D eigenvalue weighted by atomic mass is 9.90. The highest BCUT2D eigenvalue weighted by Gasteiger charge is 2.29. The van der Waals surface area contributed by atoms with E-state index in [2.05, 4.69) is 6.58 Å². The van der Waals surface area contributed by atoms with Gasteiger partial charge in [-0.15, -0.1) is 6.58 Å². The van der Waals surface area contributed by atoms with Crippen molar-refractivity contribution in [3.05, 3.63) is 59.7 Å². The molecule has 0 fully saturated rings. The number of phenols is 2. The molecule has 0 aromatic heterocycles. The van der Waals surface area contributed by atoms with Gasteiger partial charge in [0, 0.05) is 30.2 Å². The largest absolute Gasteiger partial charge is 0.507 e. The van der Waals surface area contributed by atoms with Crippen molar-refractivity contribution in [1.29, 1.82) is 5.41 Å². The zero-order chi connectivity index (χ0) is 21.4. The monoisotopic (exact) mass is 399 g/mol. The van der Waals surface area contributed by atoms with E-state index in [0.717, 1.165) is 18.9 Å². The van der Waals surface area contributed by atoms with Crippen molar-refractivity contribution < 1.29 is 24.5 Å². The minimum atomic E-state index is -0.708. The number of rotatable bonds is 9. The number of hydrogen-bond acceptors (Lipinski definition) is 6. The van der Waals surface area contributed by atoms with Crippen molar-refractivity contribution in [2.24, 2.45) is 0 Å². The Kier molecular flexibility index (Phi) is 8.21. The van der Waals surface area contributed by atoms with Crippen molar-refractivity contribution in [1.82, 2.24) is 0 Å². The Balaban J connectivity index is 2.57. The molecule has 6 heteroatoms. The van der Waals surface area contributed by atoms with Gasteiger partial charge < -0.3 is 25.1 Å². The molecule has 6 nitrogen and oxygen atoms in total. The van der Waals surface area contributed by atoms with Gasteiger partial charge in [0.2, 0.25) is 0 Å². The molecule has 0 saturated heterocycles. The molecule has 0 spiro atoms. The predicted molar refractivity (Wildman–Crippen MR) is 113 cm³/mol. The Morgan fingerprint density at radius 1 is 1.45 bits per heavy atom. The van der Waals surface area contributed by atoms with E-state index >= 15 is 0 Å². The van der Waals surface area contributed by atoms with Crippen molar-refractivity contribution in [3.63, 3.8) is 0 Å². The van der Waals surface area contributed by atoms with Crippen LogP contribution < -0.4 is 0 Å². The van der Waals surface area contributed by atoms with Crippen LogP contribution in [-0.4, -0.2) is 34.6 Å². The number of allylic oxidation sites excluding steroid dienone is 2. The molecule has 2 rings (SSSR count). The second-order valence-corrected chi connectivity index (χ2v) is 6.94. The lowest BCUT2D eigenvalue weighted by molar-refractivity contribution is 0.0342. The quantitative estimate of drug-likeness (QED) is 0.316.